The molecule has 0 aromatic heterocycles. The second-order valence-electron chi connectivity index (χ2n) is 16.4. The number of carbonyl (C=O) groups is 7. The number of hydrogen-bond donors (Lipinski definition) is 7. The molecular weight excluding hydrogens is 837 g/mol. The third-order valence-corrected chi connectivity index (χ3v) is 11.2. The van der Waals surface area contributed by atoms with Crippen LogP contribution in [0.5, 0.6) is 0 Å². The molecule has 66 heavy (non-hydrogen) atoms. The monoisotopic (exact) mass is 892 g/mol. The number of benzene rings is 5. The number of amides is 6. The number of rotatable bonds is 13. The van der Waals surface area contributed by atoms with E-state index in [4.69, 9.17) is 5.11 Å². The van der Waals surface area contributed by atoms with Gasteiger partial charge in [0.15, 0.2) is 0 Å². The minimum atomic E-state index is -1.16. The zero-order valence-electron chi connectivity index (χ0n) is 36.7. The van der Waals surface area contributed by atoms with Crippen LogP contribution in [0.1, 0.15) is 60.8 Å². The van der Waals surface area contributed by atoms with E-state index in [1.165, 1.54) is 0 Å². The predicted octanol–water partition coefficient (Wildman–Crippen LogP) is 5.06. The molecule has 0 aliphatic carbocycles. The van der Waals surface area contributed by atoms with Crippen LogP contribution in [-0.2, 0) is 59.2 Å². The molecule has 0 saturated heterocycles. The molecule has 2 bridgehead atoms. The summed E-state index contributed by atoms with van der Waals surface area (Å²) < 4.78 is 0. The SMILES string of the molecule is O=C(O)CCCNC(=O)C1Cc2ccc(cc2)NC(=O)CCC(=O)NC(Cc2ccccc2)C(=O)NC(Cc2ccc(-c3ccccc3)cc2)C(=O)NC(CCc2ccccc2)CC(=O)N1. The second-order valence-corrected chi connectivity index (χ2v) is 16.4. The smallest absolute Gasteiger partial charge is 0.303 e. The topological polar surface area (TPSA) is 212 Å². The summed E-state index contributed by atoms with van der Waals surface area (Å²) in [6.07, 6.45) is 0.493. The van der Waals surface area contributed by atoms with Gasteiger partial charge >= 0.3 is 5.97 Å². The van der Waals surface area contributed by atoms with Gasteiger partial charge in [0, 0.05) is 63.2 Å². The van der Waals surface area contributed by atoms with Crippen molar-refractivity contribution in [3.63, 3.8) is 0 Å². The maximum absolute atomic E-state index is 14.6. The highest BCUT2D eigenvalue weighted by molar-refractivity contribution is 5.96. The molecule has 342 valence electrons. The van der Waals surface area contributed by atoms with E-state index in [9.17, 15) is 33.6 Å². The first kappa shape index (κ1) is 47.9. The molecule has 2 aliphatic rings. The van der Waals surface area contributed by atoms with E-state index in [0.717, 1.165) is 27.8 Å². The van der Waals surface area contributed by atoms with Gasteiger partial charge in [0.05, 0.1) is 0 Å². The Morgan fingerprint density at radius 2 is 1.12 bits per heavy atom. The Morgan fingerprint density at radius 3 is 1.77 bits per heavy atom. The fourth-order valence-electron chi connectivity index (χ4n) is 7.69. The Balaban J connectivity index is 1.32. The largest absolute Gasteiger partial charge is 0.481 e. The molecule has 0 radical (unpaired) electrons. The summed E-state index contributed by atoms with van der Waals surface area (Å²) in [5.41, 5.74) is 5.57. The van der Waals surface area contributed by atoms with Crippen LogP contribution in [-0.4, -0.2) is 77.2 Å². The highest BCUT2D eigenvalue weighted by atomic mass is 16.4. The summed E-state index contributed by atoms with van der Waals surface area (Å²) in [4.78, 5) is 94.2. The number of aryl methyl sites for hydroxylation is 1. The van der Waals surface area contributed by atoms with Gasteiger partial charge < -0.3 is 37.0 Å². The molecule has 5 aromatic rings. The molecule has 4 unspecified atom stereocenters. The first-order valence-corrected chi connectivity index (χ1v) is 22.3. The first-order chi connectivity index (χ1) is 32.0. The second kappa shape index (κ2) is 24.5. The molecular formula is C52H56N6O8. The standard InChI is InChI=1S/C52H56N6O8/c59-46-28-29-47(60)56-44(31-36-13-6-2-7-14-36)52(66)58-45(33-37-18-23-40(24-19-37)39-15-8-3-9-16-39)51(65)55-42(27-20-35-11-4-1-5-12-35)34-48(61)57-43(50(64)53-30-10-17-49(62)63)32-38-21-25-41(54-46)26-22-38/h1-9,11-16,18-19,21-26,42-45H,10,17,20,27-34H2,(H,53,64)(H,54,59)(H,55,65)(H,56,60)(H,57,61)(H,58,66)(H,62,63). The van der Waals surface area contributed by atoms with Gasteiger partial charge in [-0.15, -0.1) is 0 Å². The third kappa shape index (κ3) is 15.6. The maximum atomic E-state index is 14.6. The summed E-state index contributed by atoms with van der Waals surface area (Å²) >= 11 is 0. The van der Waals surface area contributed by atoms with Crippen LogP contribution in [0.2, 0.25) is 0 Å². The van der Waals surface area contributed by atoms with E-state index in [0.29, 0.717) is 24.1 Å². The molecule has 0 spiro atoms. The van der Waals surface area contributed by atoms with Gasteiger partial charge in [0.2, 0.25) is 35.4 Å². The van der Waals surface area contributed by atoms with E-state index in [1.807, 2.05) is 115 Å². The van der Waals surface area contributed by atoms with Crippen LogP contribution >= 0.6 is 0 Å². The van der Waals surface area contributed by atoms with Gasteiger partial charge in [-0.2, -0.15) is 0 Å². The number of carboxylic acid groups (broad SMARTS) is 1. The molecule has 2 heterocycles. The minimum absolute atomic E-state index is 0.0628. The number of carbonyl (C=O) groups excluding carboxylic acids is 6. The van der Waals surface area contributed by atoms with Gasteiger partial charge in [-0.25, -0.2) is 0 Å². The Hall–Kier alpha value is -7.61. The number of anilines is 1. The Labute approximate surface area is 384 Å². The fourth-order valence-corrected chi connectivity index (χ4v) is 7.69. The molecule has 6 amide bonds. The lowest BCUT2D eigenvalue weighted by Crippen LogP contribution is -2.56. The van der Waals surface area contributed by atoms with Crippen LogP contribution in [0, 0.1) is 0 Å². The Morgan fingerprint density at radius 1 is 0.561 bits per heavy atom. The van der Waals surface area contributed by atoms with Gasteiger partial charge in [-0.05, 0) is 64.8 Å². The van der Waals surface area contributed by atoms with E-state index in [2.05, 4.69) is 31.9 Å². The molecule has 5 aromatic carbocycles. The highest BCUT2D eigenvalue weighted by Gasteiger charge is 2.30. The number of fused-ring (bicyclic) bond motifs is 19. The van der Waals surface area contributed by atoms with Crippen molar-refractivity contribution in [2.45, 2.75) is 88.4 Å². The van der Waals surface area contributed by atoms with Crippen molar-refractivity contribution in [1.29, 1.82) is 0 Å². The molecule has 7 N–H and O–H groups in total. The fraction of sp³-hybridized carbons (Fsp3) is 0.288. The number of nitrogens with one attached hydrogen (secondary N) is 6. The van der Waals surface area contributed by atoms with Crippen molar-refractivity contribution in [1.82, 2.24) is 26.6 Å². The van der Waals surface area contributed by atoms with Crippen molar-refractivity contribution in [3.05, 3.63) is 162 Å². The molecule has 0 fully saturated rings. The molecule has 14 nitrogen and oxygen atoms in total. The van der Waals surface area contributed by atoms with Crippen molar-refractivity contribution in [2.75, 3.05) is 11.9 Å². The molecule has 0 saturated carbocycles. The highest BCUT2D eigenvalue weighted by Crippen LogP contribution is 2.21. The first-order valence-electron chi connectivity index (χ1n) is 22.3. The van der Waals surface area contributed by atoms with Gasteiger partial charge in [0.1, 0.15) is 18.1 Å². The van der Waals surface area contributed by atoms with Crippen molar-refractivity contribution < 1.29 is 38.7 Å². The van der Waals surface area contributed by atoms with Gasteiger partial charge in [-0.3, -0.25) is 33.6 Å². The van der Waals surface area contributed by atoms with Gasteiger partial charge in [-0.1, -0.05) is 127 Å². The minimum Gasteiger partial charge on any atom is -0.481 e. The van der Waals surface area contributed by atoms with E-state index >= 15 is 0 Å². The Bertz CT molecular complexity index is 2410. The zero-order valence-corrected chi connectivity index (χ0v) is 36.7. The predicted molar refractivity (Wildman–Crippen MR) is 251 cm³/mol. The van der Waals surface area contributed by atoms with Crippen LogP contribution in [0.3, 0.4) is 0 Å². The number of aliphatic carboxylic acids is 1. The van der Waals surface area contributed by atoms with E-state index in [-0.39, 0.29) is 57.9 Å². The summed E-state index contributed by atoms with van der Waals surface area (Å²) in [5, 5.41) is 26.2. The molecule has 2 aliphatic heterocycles. The third-order valence-electron chi connectivity index (χ3n) is 11.2. The average Bonchev–Trinajstić information content (AvgIpc) is 3.32. The summed E-state index contributed by atoms with van der Waals surface area (Å²) in [6.45, 7) is 0.0740. The summed E-state index contributed by atoms with van der Waals surface area (Å²) in [6, 6.07) is 38.8. The molecule has 14 heteroatoms. The number of carboxylic acids is 1. The quantitative estimate of drug-likeness (QED) is 0.0626. The van der Waals surface area contributed by atoms with E-state index < -0.39 is 65.6 Å². The van der Waals surface area contributed by atoms with Crippen LogP contribution < -0.4 is 31.9 Å². The van der Waals surface area contributed by atoms with Crippen molar-refractivity contribution in [3.8, 4) is 11.1 Å². The van der Waals surface area contributed by atoms with Crippen molar-refractivity contribution >= 4 is 47.1 Å². The zero-order chi connectivity index (χ0) is 46.7. The lowest BCUT2D eigenvalue weighted by atomic mass is 9.98. The number of hydrogen-bond acceptors (Lipinski definition) is 7. The van der Waals surface area contributed by atoms with Crippen LogP contribution in [0.25, 0.3) is 11.1 Å². The lowest BCUT2D eigenvalue weighted by molar-refractivity contribution is -0.137. The Kier molecular flexibility index (Phi) is 17.7. The van der Waals surface area contributed by atoms with Crippen LogP contribution in [0.15, 0.2) is 140 Å². The normalized spacial score (nSPS) is 18.8. The maximum Gasteiger partial charge on any atom is 0.303 e. The van der Waals surface area contributed by atoms with Crippen molar-refractivity contribution in [2.24, 2.45) is 0 Å². The summed E-state index contributed by atoms with van der Waals surface area (Å²) in [7, 11) is 0. The molecule has 4 atom stereocenters. The lowest BCUT2D eigenvalue weighted by Gasteiger charge is -2.26. The molecule has 7 rings (SSSR count). The summed E-state index contributed by atoms with van der Waals surface area (Å²) in [5.74, 6) is -4.18. The van der Waals surface area contributed by atoms with Crippen LogP contribution in [0.4, 0.5) is 5.69 Å². The van der Waals surface area contributed by atoms with E-state index in [1.54, 1.807) is 24.3 Å². The van der Waals surface area contributed by atoms with Gasteiger partial charge in [0.25, 0.3) is 0 Å². The average molecular weight is 893 g/mol.